The minimum atomic E-state index is -0.949. The van der Waals surface area contributed by atoms with Crippen LogP contribution in [0.5, 0.6) is 0 Å². The molecule has 0 aliphatic rings. The van der Waals surface area contributed by atoms with Crippen LogP contribution >= 0.6 is 0 Å². The van der Waals surface area contributed by atoms with Crippen molar-refractivity contribution in [2.75, 3.05) is 39.3 Å². The van der Waals surface area contributed by atoms with E-state index in [-0.39, 0.29) is 0 Å². The zero-order valence-corrected chi connectivity index (χ0v) is 11.8. The Morgan fingerprint density at radius 1 is 0.700 bits per heavy atom. The largest absolute Gasteiger partial charge is 0.465 e. The van der Waals surface area contributed by atoms with Gasteiger partial charge in [-0.2, -0.15) is 0 Å². The number of amides is 2. The molecule has 0 heterocycles. The first-order valence-corrected chi connectivity index (χ1v) is 6.88. The molecule has 8 nitrogen and oxygen atoms in total. The van der Waals surface area contributed by atoms with Gasteiger partial charge >= 0.3 is 12.2 Å². The van der Waals surface area contributed by atoms with E-state index in [1.807, 2.05) is 0 Å². The van der Waals surface area contributed by atoms with E-state index in [0.29, 0.717) is 39.3 Å². The van der Waals surface area contributed by atoms with Crippen molar-refractivity contribution in [2.45, 2.75) is 25.7 Å². The summed E-state index contributed by atoms with van der Waals surface area (Å²) in [6, 6.07) is 0. The minimum Gasteiger partial charge on any atom is -0.465 e. The van der Waals surface area contributed by atoms with Crippen molar-refractivity contribution < 1.29 is 19.8 Å². The van der Waals surface area contributed by atoms with E-state index in [4.69, 9.17) is 21.7 Å². The third-order valence-electron chi connectivity index (χ3n) is 2.95. The van der Waals surface area contributed by atoms with Gasteiger partial charge in [-0.15, -0.1) is 0 Å². The van der Waals surface area contributed by atoms with Crippen LogP contribution in [0.3, 0.4) is 0 Å². The number of unbranched alkanes of at least 4 members (excludes halogenated alkanes) is 3. The van der Waals surface area contributed by atoms with Crippen molar-refractivity contribution >= 4 is 12.2 Å². The van der Waals surface area contributed by atoms with Crippen LogP contribution in [0.2, 0.25) is 0 Å². The van der Waals surface area contributed by atoms with Gasteiger partial charge in [0.2, 0.25) is 0 Å². The fourth-order valence-electron chi connectivity index (χ4n) is 1.88. The van der Waals surface area contributed by atoms with Gasteiger partial charge in [-0.25, -0.2) is 9.59 Å². The van der Waals surface area contributed by atoms with Crippen LogP contribution in [0, 0.1) is 0 Å². The molecule has 0 aromatic rings. The van der Waals surface area contributed by atoms with Crippen LogP contribution in [0.1, 0.15) is 25.7 Å². The molecule has 0 aliphatic heterocycles. The lowest BCUT2D eigenvalue weighted by atomic mass is 10.2. The molecule has 0 aliphatic carbocycles. The predicted octanol–water partition coefficient (Wildman–Crippen LogP) is 0.424. The van der Waals surface area contributed by atoms with Crippen molar-refractivity contribution in [2.24, 2.45) is 11.5 Å². The lowest BCUT2D eigenvalue weighted by Crippen LogP contribution is -2.35. The summed E-state index contributed by atoms with van der Waals surface area (Å²) in [5, 5.41) is 17.8. The third kappa shape index (κ3) is 8.54. The fourth-order valence-corrected chi connectivity index (χ4v) is 1.88. The quantitative estimate of drug-likeness (QED) is 0.408. The van der Waals surface area contributed by atoms with Crippen molar-refractivity contribution in [1.29, 1.82) is 0 Å². The summed E-state index contributed by atoms with van der Waals surface area (Å²) in [5.41, 5.74) is 10.7. The Hall–Kier alpha value is -1.54. The Labute approximate surface area is 119 Å². The third-order valence-corrected chi connectivity index (χ3v) is 2.95. The van der Waals surface area contributed by atoms with Crippen molar-refractivity contribution in [1.82, 2.24) is 9.80 Å². The zero-order valence-electron chi connectivity index (χ0n) is 11.8. The van der Waals surface area contributed by atoms with E-state index in [0.717, 1.165) is 25.7 Å². The monoisotopic (exact) mass is 290 g/mol. The Bertz CT molecular complexity index is 261. The molecule has 0 bridgehead atoms. The van der Waals surface area contributed by atoms with Crippen LogP contribution in [0.4, 0.5) is 9.59 Å². The van der Waals surface area contributed by atoms with Gasteiger partial charge in [0, 0.05) is 39.3 Å². The standard InChI is InChI=1S/C12H26N4O4/c13-5-9-15(11(17)18)7-3-1-2-4-8-16(10-6-14)12(19)20/h1-10,13-14H2,(H,17,18)(H,19,20). The molecule has 0 aromatic heterocycles. The average molecular weight is 290 g/mol. The number of hydrogen-bond donors (Lipinski definition) is 4. The maximum absolute atomic E-state index is 10.8. The van der Waals surface area contributed by atoms with Gasteiger partial charge in [-0.05, 0) is 12.8 Å². The highest BCUT2D eigenvalue weighted by Crippen LogP contribution is 2.04. The van der Waals surface area contributed by atoms with Crippen LogP contribution in [0.15, 0.2) is 0 Å². The summed E-state index contributed by atoms with van der Waals surface area (Å²) in [4.78, 5) is 24.3. The highest BCUT2D eigenvalue weighted by Gasteiger charge is 2.11. The van der Waals surface area contributed by atoms with Gasteiger partial charge in [0.25, 0.3) is 0 Å². The first kappa shape index (κ1) is 18.5. The second-order valence-electron chi connectivity index (χ2n) is 4.53. The molecule has 0 unspecified atom stereocenters. The predicted molar refractivity (Wildman–Crippen MR) is 75.8 cm³/mol. The second-order valence-corrected chi connectivity index (χ2v) is 4.53. The first-order chi connectivity index (χ1) is 9.52. The lowest BCUT2D eigenvalue weighted by molar-refractivity contribution is 0.142. The van der Waals surface area contributed by atoms with Gasteiger partial charge < -0.3 is 31.5 Å². The summed E-state index contributed by atoms with van der Waals surface area (Å²) < 4.78 is 0. The Morgan fingerprint density at radius 2 is 1.05 bits per heavy atom. The molecule has 0 fully saturated rings. The highest BCUT2D eigenvalue weighted by atomic mass is 16.4. The number of nitrogens with two attached hydrogens (primary N) is 2. The summed E-state index contributed by atoms with van der Waals surface area (Å²) in [6.45, 7) is 2.27. The summed E-state index contributed by atoms with van der Waals surface area (Å²) in [6.07, 6.45) is 1.35. The number of carbonyl (C=O) groups is 2. The molecule has 0 atom stereocenters. The molecule has 2 amide bonds. The van der Waals surface area contributed by atoms with Crippen LogP contribution < -0.4 is 11.5 Å². The molecule has 0 aromatic carbocycles. The fraction of sp³-hybridized carbons (Fsp3) is 0.833. The molecular formula is C12H26N4O4. The smallest absolute Gasteiger partial charge is 0.407 e. The second kappa shape index (κ2) is 11.3. The van der Waals surface area contributed by atoms with Gasteiger partial charge in [-0.1, -0.05) is 12.8 Å². The zero-order chi connectivity index (χ0) is 15.4. The molecule has 8 heteroatoms. The summed E-state index contributed by atoms with van der Waals surface area (Å²) in [5.74, 6) is 0. The summed E-state index contributed by atoms with van der Waals surface area (Å²) >= 11 is 0. The van der Waals surface area contributed by atoms with Crippen molar-refractivity contribution in [3.63, 3.8) is 0 Å². The normalized spacial score (nSPS) is 10.3. The molecule has 0 spiro atoms. The number of carboxylic acid groups (broad SMARTS) is 2. The van der Waals surface area contributed by atoms with E-state index in [9.17, 15) is 9.59 Å². The molecular weight excluding hydrogens is 264 g/mol. The number of hydrogen-bond acceptors (Lipinski definition) is 4. The molecule has 0 saturated heterocycles. The first-order valence-electron chi connectivity index (χ1n) is 6.88. The molecule has 0 radical (unpaired) electrons. The van der Waals surface area contributed by atoms with Gasteiger partial charge in [0.1, 0.15) is 0 Å². The SMILES string of the molecule is NCCN(CCCCCCN(CCN)C(=O)O)C(=O)O. The van der Waals surface area contributed by atoms with Gasteiger partial charge in [0.05, 0.1) is 0 Å². The van der Waals surface area contributed by atoms with Crippen LogP contribution in [0.25, 0.3) is 0 Å². The molecule has 118 valence electrons. The van der Waals surface area contributed by atoms with Crippen LogP contribution in [-0.4, -0.2) is 71.5 Å². The van der Waals surface area contributed by atoms with Crippen molar-refractivity contribution in [3.05, 3.63) is 0 Å². The summed E-state index contributed by atoms with van der Waals surface area (Å²) in [7, 11) is 0. The Kier molecular flexibility index (Phi) is 10.4. The van der Waals surface area contributed by atoms with E-state index in [1.165, 1.54) is 9.80 Å². The topological polar surface area (TPSA) is 133 Å². The molecule has 20 heavy (non-hydrogen) atoms. The lowest BCUT2D eigenvalue weighted by Gasteiger charge is -2.19. The molecule has 0 rings (SSSR count). The van der Waals surface area contributed by atoms with Gasteiger partial charge in [-0.3, -0.25) is 0 Å². The highest BCUT2D eigenvalue weighted by molar-refractivity contribution is 5.65. The van der Waals surface area contributed by atoms with Gasteiger partial charge in [0.15, 0.2) is 0 Å². The Balaban J connectivity index is 3.69. The van der Waals surface area contributed by atoms with Crippen molar-refractivity contribution in [3.8, 4) is 0 Å². The maximum atomic E-state index is 10.8. The van der Waals surface area contributed by atoms with E-state index < -0.39 is 12.2 Å². The minimum absolute atomic E-state index is 0.318. The van der Waals surface area contributed by atoms with E-state index in [2.05, 4.69) is 0 Å². The maximum Gasteiger partial charge on any atom is 0.407 e. The average Bonchev–Trinajstić information content (AvgIpc) is 2.39. The number of rotatable bonds is 11. The number of nitrogens with zero attached hydrogens (tertiary/aromatic N) is 2. The van der Waals surface area contributed by atoms with Crippen LogP contribution in [-0.2, 0) is 0 Å². The Morgan fingerprint density at radius 3 is 1.30 bits per heavy atom. The molecule has 0 saturated carbocycles. The molecule has 6 N–H and O–H groups in total. The van der Waals surface area contributed by atoms with E-state index >= 15 is 0 Å². The van der Waals surface area contributed by atoms with E-state index in [1.54, 1.807) is 0 Å².